The first-order chi connectivity index (χ1) is 10.1. The maximum Gasteiger partial charge on any atom is 0.187 e. The second-order valence-corrected chi connectivity index (χ2v) is 5.30. The summed E-state index contributed by atoms with van der Waals surface area (Å²) in [6.45, 7) is 4.06. The van der Waals surface area contributed by atoms with Gasteiger partial charge in [0.25, 0.3) is 0 Å². The van der Waals surface area contributed by atoms with Crippen LogP contribution in [-0.4, -0.2) is 20.2 Å². The number of rotatable bonds is 2. The number of para-hydroxylation sites is 1. The fraction of sp³-hybridized carbons (Fsp3) is 0.133. The van der Waals surface area contributed by atoms with Crippen molar-refractivity contribution < 1.29 is 0 Å². The normalized spacial score (nSPS) is 10.8. The van der Waals surface area contributed by atoms with E-state index in [1.807, 2.05) is 38.1 Å². The van der Waals surface area contributed by atoms with E-state index in [1.54, 1.807) is 16.8 Å². The van der Waals surface area contributed by atoms with Crippen LogP contribution < -0.4 is 5.73 Å². The fourth-order valence-corrected chi connectivity index (χ4v) is 2.50. The Bertz CT molecular complexity index is 789. The van der Waals surface area contributed by atoms with Crippen LogP contribution in [0.15, 0.2) is 36.4 Å². The van der Waals surface area contributed by atoms with Crippen molar-refractivity contribution in [2.45, 2.75) is 13.8 Å². The van der Waals surface area contributed by atoms with Crippen molar-refractivity contribution in [3.63, 3.8) is 0 Å². The van der Waals surface area contributed by atoms with Crippen LogP contribution in [-0.2, 0) is 0 Å². The van der Waals surface area contributed by atoms with E-state index < -0.39 is 0 Å². The van der Waals surface area contributed by atoms with Gasteiger partial charge in [-0.1, -0.05) is 29.8 Å². The molecule has 2 aromatic carbocycles. The molecule has 106 valence electrons. The third-order valence-electron chi connectivity index (χ3n) is 3.38. The summed E-state index contributed by atoms with van der Waals surface area (Å²) in [4.78, 5) is 0. The van der Waals surface area contributed by atoms with Crippen molar-refractivity contribution >= 4 is 17.3 Å². The van der Waals surface area contributed by atoms with Gasteiger partial charge in [0.2, 0.25) is 0 Å². The van der Waals surface area contributed by atoms with Gasteiger partial charge in [0.1, 0.15) is 0 Å². The number of hydrogen-bond donors (Lipinski definition) is 1. The monoisotopic (exact) mass is 299 g/mol. The van der Waals surface area contributed by atoms with Crippen LogP contribution in [0.4, 0.5) is 5.69 Å². The van der Waals surface area contributed by atoms with E-state index in [1.165, 1.54) is 0 Å². The van der Waals surface area contributed by atoms with Crippen LogP contribution >= 0.6 is 11.6 Å². The van der Waals surface area contributed by atoms with Crippen molar-refractivity contribution in [2.75, 3.05) is 5.73 Å². The van der Waals surface area contributed by atoms with E-state index in [-0.39, 0.29) is 0 Å². The highest BCUT2D eigenvalue weighted by atomic mass is 35.5. The predicted molar refractivity (Wildman–Crippen MR) is 83.5 cm³/mol. The lowest BCUT2D eigenvalue weighted by molar-refractivity contribution is 0.783. The highest BCUT2D eigenvalue weighted by Crippen LogP contribution is 2.28. The first-order valence-corrected chi connectivity index (χ1v) is 6.86. The van der Waals surface area contributed by atoms with Crippen molar-refractivity contribution in [1.29, 1.82) is 0 Å². The molecule has 2 N–H and O–H groups in total. The average Bonchev–Trinajstić information content (AvgIpc) is 2.91. The molecule has 0 aliphatic carbocycles. The summed E-state index contributed by atoms with van der Waals surface area (Å²) in [5, 5.41) is 12.5. The van der Waals surface area contributed by atoms with Gasteiger partial charge < -0.3 is 5.73 Å². The molecule has 1 aromatic heterocycles. The zero-order chi connectivity index (χ0) is 15.0. The van der Waals surface area contributed by atoms with Gasteiger partial charge in [0.05, 0.1) is 16.4 Å². The Labute approximate surface area is 127 Å². The molecule has 1 heterocycles. The maximum atomic E-state index is 6.09. The van der Waals surface area contributed by atoms with Crippen molar-refractivity contribution in [3.8, 4) is 17.1 Å². The van der Waals surface area contributed by atoms with Gasteiger partial charge in [-0.3, -0.25) is 0 Å². The van der Waals surface area contributed by atoms with Gasteiger partial charge in [-0.15, -0.1) is 5.10 Å². The molecule has 5 nitrogen and oxygen atoms in total. The SMILES string of the molecule is Cc1cccc(C)c1-n1nnnc1-c1ccc(N)c(Cl)c1. The van der Waals surface area contributed by atoms with Crippen LogP contribution in [0.3, 0.4) is 0 Å². The van der Waals surface area contributed by atoms with Crippen molar-refractivity contribution in [3.05, 3.63) is 52.5 Å². The number of halogens is 1. The lowest BCUT2D eigenvalue weighted by Gasteiger charge is -2.11. The second kappa shape index (κ2) is 5.18. The number of anilines is 1. The number of nitrogens with zero attached hydrogens (tertiary/aromatic N) is 4. The summed E-state index contributed by atoms with van der Waals surface area (Å²) >= 11 is 6.09. The molecule has 0 radical (unpaired) electrons. The minimum absolute atomic E-state index is 0.489. The molecule has 0 atom stereocenters. The molecule has 0 fully saturated rings. The van der Waals surface area contributed by atoms with Gasteiger partial charge in [-0.2, -0.15) is 4.68 Å². The Morgan fingerprint density at radius 3 is 2.48 bits per heavy atom. The number of nitrogen functional groups attached to an aromatic ring is 1. The largest absolute Gasteiger partial charge is 0.398 e. The molecule has 0 aliphatic rings. The van der Waals surface area contributed by atoms with Crippen LogP contribution in [0.5, 0.6) is 0 Å². The number of hydrogen-bond acceptors (Lipinski definition) is 4. The first-order valence-electron chi connectivity index (χ1n) is 6.48. The summed E-state index contributed by atoms with van der Waals surface area (Å²) in [5.74, 6) is 0.634. The summed E-state index contributed by atoms with van der Waals surface area (Å²) < 4.78 is 1.73. The Hall–Kier alpha value is -2.40. The van der Waals surface area contributed by atoms with E-state index in [9.17, 15) is 0 Å². The molecule has 0 saturated heterocycles. The van der Waals surface area contributed by atoms with Gasteiger partial charge in [0.15, 0.2) is 5.82 Å². The van der Waals surface area contributed by atoms with Crippen molar-refractivity contribution in [2.24, 2.45) is 0 Å². The molecule has 3 rings (SSSR count). The molecular formula is C15H14ClN5. The van der Waals surface area contributed by atoms with Gasteiger partial charge in [0, 0.05) is 5.56 Å². The first kappa shape index (κ1) is 13.6. The number of benzene rings is 2. The average molecular weight is 300 g/mol. The van der Waals surface area contributed by atoms with E-state index in [4.69, 9.17) is 17.3 Å². The highest BCUT2D eigenvalue weighted by Gasteiger charge is 2.15. The topological polar surface area (TPSA) is 69.6 Å². The number of aryl methyl sites for hydroxylation is 2. The number of aromatic nitrogens is 4. The molecule has 21 heavy (non-hydrogen) atoms. The summed E-state index contributed by atoms with van der Waals surface area (Å²) in [7, 11) is 0. The van der Waals surface area contributed by atoms with Crippen molar-refractivity contribution in [1.82, 2.24) is 20.2 Å². The zero-order valence-corrected chi connectivity index (χ0v) is 12.5. The van der Waals surface area contributed by atoms with E-state index in [0.717, 1.165) is 22.4 Å². The molecule has 0 unspecified atom stereocenters. The fourth-order valence-electron chi connectivity index (χ4n) is 2.32. The zero-order valence-electron chi connectivity index (χ0n) is 11.7. The molecule has 6 heteroatoms. The molecule has 0 bridgehead atoms. The Morgan fingerprint density at radius 2 is 1.81 bits per heavy atom. The third kappa shape index (κ3) is 2.36. The molecule has 0 aliphatic heterocycles. The van der Waals surface area contributed by atoms with E-state index >= 15 is 0 Å². The maximum absolute atomic E-state index is 6.09. The summed E-state index contributed by atoms with van der Waals surface area (Å²) in [6.07, 6.45) is 0. The lowest BCUT2D eigenvalue weighted by atomic mass is 10.1. The molecule has 0 amide bonds. The van der Waals surface area contributed by atoms with Crippen LogP contribution in [0.25, 0.3) is 17.1 Å². The Morgan fingerprint density at radius 1 is 1.10 bits per heavy atom. The standard InChI is InChI=1S/C15H14ClN5/c1-9-4-3-5-10(2)14(9)21-15(18-19-20-21)11-6-7-13(17)12(16)8-11/h3-8H,17H2,1-2H3. The highest BCUT2D eigenvalue weighted by molar-refractivity contribution is 6.33. The van der Waals surface area contributed by atoms with Crippen LogP contribution in [0.1, 0.15) is 11.1 Å². The van der Waals surface area contributed by atoms with Gasteiger partial charge >= 0.3 is 0 Å². The quantitative estimate of drug-likeness (QED) is 0.738. The number of tetrazole rings is 1. The van der Waals surface area contributed by atoms with Gasteiger partial charge in [-0.25, -0.2) is 0 Å². The van der Waals surface area contributed by atoms with E-state index in [0.29, 0.717) is 16.5 Å². The van der Waals surface area contributed by atoms with E-state index in [2.05, 4.69) is 15.5 Å². The summed E-state index contributed by atoms with van der Waals surface area (Å²) in [6, 6.07) is 11.5. The molecule has 0 spiro atoms. The summed E-state index contributed by atoms with van der Waals surface area (Å²) in [5.41, 5.74) is 10.3. The molecule has 0 saturated carbocycles. The smallest absolute Gasteiger partial charge is 0.187 e. The number of nitrogens with two attached hydrogens (primary N) is 1. The lowest BCUT2D eigenvalue weighted by Crippen LogP contribution is -2.04. The predicted octanol–water partition coefficient (Wildman–Crippen LogP) is 3.18. The van der Waals surface area contributed by atoms with Crippen LogP contribution in [0.2, 0.25) is 5.02 Å². The minimum Gasteiger partial charge on any atom is -0.398 e. The van der Waals surface area contributed by atoms with Crippen LogP contribution in [0, 0.1) is 13.8 Å². The Kier molecular flexibility index (Phi) is 3.35. The van der Waals surface area contributed by atoms with Gasteiger partial charge in [-0.05, 0) is 53.6 Å². The Balaban J connectivity index is 2.20. The molecular weight excluding hydrogens is 286 g/mol. The minimum atomic E-state index is 0.489. The third-order valence-corrected chi connectivity index (χ3v) is 3.71. The molecule has 3 aromatic rings. The second-order valence-electron chi connectivity index (χ2n) is 4.89.